The van der Waals surface area contributed by atoms with Gasteiger partial charge in [-0.3, -0.25) is 0 Å². The monoisotopic (exact) mass is 334 g/mol. The molecule has 1 aliphatic rings. The molecule has 0 radical (unpaired) electrons. The number of aliphatic hydroxyl groups is 1. The number of hydrogen-bond acceptors (Lipinski definition) is 4. The van der Waals surface area contributed by atoms with E-state index in [0.717, 1.165) is 24.4 Å². The lowest BCUT2D eigenvalue weighted by Gasteiger charge is -2.39. The first-order valence-corrected chi connectivity index (χ1v) is 9.19. The molecule has 2 rings (SSSR count). The summed E-state index contributed by atoms with van der Waals surface area (Å²) in [4.78, 5) is 4.83. The average Bonchev–Trinajstić information content (AvgIpc) is 2.55. The van der Waals surface area contributed by atoms with Crippen LogP contribution in [-0.4, -0.2) is 66.4 Å². The zero-order valence-electron chi connectivity index (χ0n) is 16.0. The molecule has 1 aromatic rings. The summed E-state index contributed by atoms with van der Waals surface area (Å²) in [6.07, 6.45) is 1.90. The van der Waals surface area contributed by atoms with Gasteiger partial charge in [-0.15, -0.1) is 0 Å². The van der Waals surface area contributed by atoms with E-state index in [1.807, 2.05) is 13.0 Å². The Balaban J connectivity index is 1.76. The number of rotatable bonds is 7. The molecule has 1 N–H and O–H groups in total. The standard InChI is InChI=1S/C20H34N2O2/c1-15(2)22-10-8-18(9-11-22)21(5)13-19(23)14-24-20-12-16(3)6-7-17(20)4/h6-7,12,15,18-19,23H,8-11,13-14H2,1-5H3. The first-order valence-electron chi connectivity index (χ1n) is 9.19. The van der Waals surface area contributed by atoms with Gasteiger partial charge < -0.3 is 19.6 Å². The summed E-state index contributed by atoms with van der Waals surface area (Å²) in [6.45, 7) is 11.9. The molecule has 4 nitrogen and oxygen atoms in total. The summed E-state index contributed by atoms with van der Waals surface area (Å²) in [7, 11) is 2.12. The molecule has 0 aromatic heterocycles. The first kappa shape index (κ1) is 19.2. The minimum Gasteiger partial charge on any atom is -0.491 e. The van der Waals surface area contributed by atoms with Gasteiger partial charge in [-0.2, -0.15) is 0 Å². The number of aliphatic hydroxyl groups excluding tert-OH is 1. The van der Waals surface area contributed by atoms with E-state index in [9.17, 15) is 5.11 Å². The van der Waals surface area contributed by atoms with Crippen molar-refractivity contribution in [2.45, 2.75) is 58.7 Å². The fourth-order valence-electron chi connectivity index (χ4n) is 3.43. The largest absolute Gasteiger partial charge is 0.491 e. The number of nitrogens with zero attached hydrogens (tertiary/aromatic N) is 2. The van der Waals surface area contributed by atoms with Crippen molar-refractivity contribution < 1.29 is 9.84 Å². The van der Waals surface area contributed by atoms with Crippen molar-refractivity contribution in [3.05, 3.63) is 29.3 Å². The normalized spacial score (nSPS) is 18.3. The van der Waals surface area contributed by atoms with Gasteiger partial charge in [-0.1, -0.05) is 12.1 Å². The number of benzene rings is 1. The van der Waals surface area contributed by atoms with E-state index >= 15 is 0 Å². The fourth-order valence-corrected chi connectivity index (χ4v) is 3.43. The van der Waals surface area contributed by atoms with Gasteiger partial charge in [0, 0.05) is 18.6 Å². The number of hydrogen-bond donors (Lipinski definition) is 1. The topological polar surface area (TPSA) is 35.9 Å². The second-order valence-electron chi connectivity index (χ2n) is 7.53. The molecule has 136 valence electrons. The quantitative estimate of drug-likeness (QED) is 0.832. The highest BCUT2D eigenvalue weighted by Gasteiger charge is 2.24. The Morgan fingerprint density at radius 3 is 2.54 bits per heavy atom. The van der Waals surface area contributed by atoms with Crippen LogP contribution in [0, 0.1) is 13.8 Å². The van der Waals surface area contributed by atoms with Gasteiger partial charge in [-0.25, -0.2) is 0 Å². The van der Waals surface area contributed by atoms with Crippen LogP contribution in [0.3, 0.4) is 0 Å². The molecule has 1 atom stereocenters. The maximum Gasteiger partial charge on any atom is 0.122 e. The van der Waals surface area contributed by atoms with Crippen molar-refractivity contribution in [2.24, 2.45) is 0 Å². The molecule has 1 unspecified atom stereocenters. The number of likely N-dealkylation sites (N-methyl/N-ethyl adjacent to an activating group) is 1. The van der Waals surface area contributed by atoms with Gasteiger partial charge in [0.1, 0.15) is 18.5 Å². The second kappa shape index (κ2) is 8.84. The molecule has 1 heterocycles. The summed E-state index contributed by atoms with van der Waals surface area (Å²) >= 11 is 0. The molecule has 0 amide bonds. The van der Waals surface area contributed by atoms with Crippen LogP contribution in [-0.2, 0) is 0 Å². The van der Waals surface area contributed by atoms with Crippen LogP contribution >= 0.6 is 0 Å². The predicted molar refractivity (Wildman–Crippen MR) is 99.8 cm³/mol. The molecule has 1 fully saturated rings. The molecule has 0 spiro atoms. The molecule has 1 aromatic carbocycles. The molecule has 1 aliphatic heterocycles. The predicted octanol–water partition coefficient (Wildman–Crippen LogP) is 2.85. The lowest BCUT2D eigenvalue weighted by molar-refractivity contribution is 0.0431. The highest BCUT2D eigenvalue weighted by Crippen LogP contribution is 2.20. The third-order valence-electron chi connectivity index (χ3n) is 5.13. The average molecular weight is 335 g/mol. The number of piperidine rings is 1. The van der Waals surface area contributed by atoms with E-state index in [2.05, 4.69) is 49.8 Å². The first-order chi connectivity index (χ1) is 11.4. The van der Waals surface area contributed by atoms with Gasteiger partial charge in [0.2, 0.25) is 0 Å². The van der Waals surface area contributed by atoms with E-state index in [1.54, 1.807) is 0 Å². The fraction of sp³-hybridized carbons (Fsp3) is 0.700. The van der Waals surface area contributed by atoms with Crippen LogP contribution in [0.5, 0.6) is 5.75 Å². The van der Waals surface area contributed by atoms with E-state index < -0.39 is 6.10 Å². The third kappa shape index (κ3) is 5.47. The molecular weight excluding hydrogens is 300 g/mol. The Kier molecular flexibility index (Phi) is 7.08. The molecular formula is C20H34N2O2. The van der Waals surface area contributed by atoms with E-state index in [4.69, 9.17) is 4.74 Å². The maximum atomic E-state index is 10.3. The Labute approximate surface area is 147 Å². The Morgan fingerprint density at radius 2 is 1.92 bits per heavy atom. The number of aryl methyl sites for hydroxylation is 2. The molecule has 24 heavy (non-hydrogen) atoms. The van der Waals surface area contributed by atoms with Gasteiger partial charge in [0.15, 0.2) is 0 Å². The summed E-state index contributed by atoms with van der Waals surface area (Å²) in [5.41, 5.74) is 2.29. The Bertz CT molecular complexity index is 510. The van der Waals surface area contributed by atoms with Gasteiger partial charge in [-0.05, 0) is 77.9 Å². The summed E-state index contributed by atoms with van der Waals surface area (Å²) in [5, 5.41) is 10.3. The molecule has 4 heteroatoms. The maximum absolute atomic E-state index is 10.3. The smallest absolute Gasteiger partial charge is 0.122 e. The van der Waals surface area contributed by atoms with Crippen LogP contribution < -0.4 is 4.74 Å². The summed E-state index contributed by atoms with van der Waals surface area (Å²) < 4.78 is 5.83. The Hall–Kier alpha value is -1.10. The zero-order chi connectivity index (χ0) is 17.7. The number of ether oxygens (including phenoxy) is 1. The SMILES string of the molecule is Cc1ccc(C)c(OCC(O)CN(C)C2CCN(C(C)C)CC2)c1. The Morgan fingerprint density at radius 1 is 1.25 bits per heavy atom. The minimum absolute atomic E-state index is 0.347. The van der Waals surface area contributed by atoms with Crippen molar-refractivity contribution >= 4 is 0 Å². The van der Waals surface area contributed by atoms with Crippen molar-refractivity contribution in [2.75, 3.05) is 33.3 Å². The minimum atomic E-state index is -0.460. The lowest BCUT2D eigenvalue weighted by Crippen LogP contribution is -2.47. The number of likely N-dealkylation sites (tertiary alicyclic amines) is 1. The highest BCUT2D eigenvalue weighted by molar-refractivity contribution is 5.35. The summed E-state index contributed by atoms with van der Waals surface area (Å²) in [5.74, 6) is 0.877. The van der Waals surface area contributed by atoms with Crippen LogP contribution in [0.1, 0.15) is 37.8 Å². The van der Waals surface area contributed by atoms with Crippen molar-refractivity contribution in [1.82, 2.24) is 9.80 Å². The zero-order valence-corrected chi connectivity index (χ0v) is 16.0. The van der Waals surface area contributed by atoms with Crippen molar-refractivity contribution in [3.63, 3.8) is 0 Å². The van der Waals surface area contributed by atoms with Gasteiger partial charge >= 0.3 is 0 Å². The van der Waals surface area contributed by atoms with Crippen molar-refractivity contribution in [3.8, 4) is 5.75 Å². The van der Waals surface area contributed by atoms with Gasteiger partial charge in [0.05, 0.1) is 0 Å². The van der Waals surface area contributed by atoms with Crippen molar-refractivity contribution in [1.29, 1.82) is 0 Å². The molecule has 0 saturated carbocycles. The van der Waals surface area contributed by atoms with Gasteiger partial charge in [0.25, 0.3) is 0 Å². The second-order valence-corrected chi connectivity index (χ2v) is 7.53. The summed E-state index contributed by atoms with van der Waals surface area (Å²) in [6, 6.07) is 7.37. The van der Waals surface area contributed by atoms with E-state index in [0.29, 0.717) is 25.2 Å². The third-order valence-corrected chi connectivity index (χ3v) is 5.13. The van der Waals surface area contributed by atoms with E-state index in [1.165, 1.54) is 18.4 Å². The highest BCUT2D eigenvalue weighted by atomic mass is 16.5. The lowest BCUT2D eigenvalue weighted by atomic mass is 10.0. The van der Waals surface area contributed by atoms with E-state index in [-0.39, 0.29) is 0 Å². The van der Waals surface area contributed by atoms with Crippen LogP contribution in [0.4, 0.5) is 0 Å². The molecule has 0 bridgehead atoms. The van der Waals surface area contributed by atoms with Crippen LogP contribution in [0.15, 0.2) is 18.2 Å². The molecule has 1 saturated heterocycles. The molecule has 0 aliphatic carbocycles. The van der Waals surface area contributed by atoms with Crippen LogP contribution in [0.25, 0.3) is 0 Å². The van der Waals surface area contributed by atoms with Crippen LogP contribution in [0.2, 0.25) is 0 Å².